The summed E-state index contributed by atoms with van der Waals surface area (Å²) in [7, 11) is 0. The molecular weight excluding hydrogens is 262 g/mol. The highest BCUT2D eigenvalue weighted by atomic mass is 79.9. The van der Waals surface area contributed by atoms with Gasteiger partial charge in [-0.2, -0.15) is 0 Å². The molecule has 0 saturated heterocycles. The molecule has 5 nitrogen and oxygen atoms in total. The van der Waals surface area contributed by atoms with Crippen molar-refractivity contribution in [3.8, 4) is 5.69 Å². The topological polar surface area (TPSA) is 68.0 Å². The molecule has 0 aliphatic heterocycles. The number of aromatic carboxylic acids is 1. The minimum atomic E-state index is -0.961. The molecule has 0 aliphatic rings. The lowest BCUT2D eigenvalue weighted by Gasteiger charge is -2.03. The number of halogens is 1. The van der Waals surface area contributed by atoms with Crippen molar-refractivity contribution in [2.45, 2.75) is 0 Å². The van der Waals surface area contributed by atoms with E-state index in [1.165, 1.54) is 6.07 Å². The van der Waals surface area contributed by atoms with Crippen LogP contribution in [0.2, 0.25) is 0 Å². The lowest BCUT2D eigenvalue weighted by molar-refractivity contribution is 0.0696. The Labute approximate surface area is 93.5 Å². The van der Waals surface area contributed by atoms with E-state index in [1.807, 2.05) is 0 Å². The minimum absolute atomic E-state index is 0.229. The molecule has 15 heavy (non-hydrogen) atoms. The summed E-state index contributed by atoms with van der Waals surface area (Å²) >= 11 is 3.20. The van der Waals surface area contributed by atoms with Gasteiger partial charge in [0, 0.05) is 10.2 Å². The second kappa shape index (κ2) is 3.82. The Morgan fingerprint density at radius 1 is 1.33 bits per heavy atom. The van der Waals surface area contributed by atoms with Crippen molar-refractivity contribution in [1.82, 2.24) is 14.8 Å². The third-order valence-electron chi connectivity index (χ3n) is 1.90. The van der Waals surface area contributed by atoms with Crippen molar-refractivity contribution in [1.29, 1.82) is 0 Å². The van der Waals surface area contributed by atoms with Gasteiger partial charge in [0.1, 0.15) is 12.7 Å². The smallest absolute Gasteiger partial charge is 0.336 e. The van der Waals surface area contributed by atoms with Crippen molar-refractivity contribution in [3.05, 3.63) is 40.9 Å². The Hall–Kier alpha value is -1.69. The molecule has 2 aromatic rings. The van der Waals surface area contributed by atoms with Gasteiger partial charge < -0.3 is 5.11 Å². The van der Waals surface area contributed by atoms with Crippen LogP contribution in [-0.4, -0.2) is 25.8 Å². The van der Waals surface area contributed by atoms with Crippen LogP contribution >= 0.6 is 15.9 Å². The van der Waals surface area contributed by atoms with Gasteiger partial charge in [-0.15, -0.1) is 10.2 Å². The first-order valence-corrected chi connectivity index (χ1v) is 4.85. The Morgan fingerprint density at radius 2 is 2.00 bits per heavy atom. The van der Waals surface area contributed by atoms with Crippen LogP contribution in [0.5, 0.6) is 0 Å². The lowest BCUT2D eigenvalue weighted by atomic mass is 10.2. The standard InChI is InChI=1S/C9H6BrN3O2/c10-8-3-6(13-4-11-12-5-13)1-2-7(8)9(14)15/h1-5H,(H,14,15). The average molecular weight is 268 g/mol. The van der Waals surface area contributed by atoms with Crippen molar-refractivity contribution < 1.29 is 9.90 Å². The molecule has 1 aromatic heterocycles. The van der Waals surface area contributed by atoms with E-state index in [0.29, 0.717) is 4.47 Å². The zero-order valence-electron chi connectivity index (χ0n) is 7.46. The summed E-state index contributed by atoms with van der Waals surface area (Å²) in [5, 5.41) is 16.2. The number of nitrogens with zero attached hydrogens (tertiary/aromatic N) is 3. The normalized spacial score (nSPS) is 10.2. The molecular formula is C9H6BrN3O2. The van der Waals surface area contributed by atoms with Crippen LogP contribution in [0.15, 0.2) is 35.3 Å². The van der Waals surface area contributed by atoms with Gasteiger partial charge in [0.05, 0.1) is 5.56 Å². The van der Waals surface area contributed by atoms with Gasteiger partial charge in [0.2, 0.25) is 0 Å². The summed E-state index contributed by atoms with van der Waals surface area (Å²) in [4.78, 5) is 10.8. The predicted molar refractivity (Wildman–Crippen MR) is 56.0 cm³/mol. The van der Waals surface area contributed by atoms with E-state index >= 15 is 0 Å². The van der Waals surface area contributed by atoms with E-state index in [1.54, 1.807) is 29.4 Å². The number of aromatic nitrogens is 3. The molecule has 0 saturated carbocycles. The Morgan fingerprint density at radius 3 is 2.53 bits per heavy atom. The lowest BCUT2D eigenvalue weighted by Crippen LogP contribution is -1.99. The second-order valence-corrected chi connectivity index (χ2v) is 3.69. The summed E-state index contributed by atoms with van der Waals surface area (Å²) in [5.74, 6) is -0.961. The van der Waals surface area contributed by atoms with E-state index in [0.717, 1.165) is 5.69 Å². The van der Waals surface area contributed by atoms with Crippen LogP contribution in [0.25, 0.3) is 5.69 Å². The number of carboxylic acid groups (broad SMARTS) is 1. The summed E-state index contributed by atoms with van der Waals surface area (Å²) < 4.78 is 2.22. The van der Waals surface area contributed by atoms with Crippen molar-refractivity contribution >= 4 is 21.9 Å². The number of carbonyl (C=O) groups is 1. The van der Waals surface area contributed by atoms with E-state index < -0.39 is 5.97 Å². The fraction of sp³-hybridized carbons (Fsp3) is 0. The van der Waals surface area contributed by atoms with Crippen LogP contribution in [0.3, 0.4) is 0 Å². The number of benzene rings is 1. The molecule has 76 valence electrons. The first kappa shape index (κ1) is 9.85. The molecule has 2 rings (SSSR count). The fourth-order valence-electron chi connectivity index (χ4n) is 1.17. The molecule has 0 radical (unpaired) electrons. The first-order valence-electron chi connectivity index (χ1n) is 4.06. The van der Waals surface area contributed by atoms with Crippen LogP contribution in [-0.2, 0) is 0 Å². The van der Waals surface area contributed by atoms with E-state index in [9.17, 15) is 4.79 Å². The zero-order chi connectivity index (χ0) is 10.8. The second-order valence-electron chi connectivity index (χ2n) is 2.84. The zero-order valence-corrected chi connectivity index (χ0v) is 9.05. The maximum atomic E-state index is 10.8. The highest BCUT2D eigenvalue weighted by Crippen LogP contribution is 2.20. The maximum Gasteiger partial charge on any atom is 0.336 e. The largest absolute Gasteiger partial charge is 0.478 e. The van der Waals surface area contributed by atoms with Gasteiger partial charge in [-0.25, -0.2) is 4.79 Å². The number of rotatable bonds is 2. The molecule has 0 aliphatic carbocycles. The Balaban J connectivity index is 2.47. The highest BCUT2D eigenvalue weighted by molar-refractivity contribution is 9.10. The molecule has 0 bridgehead atoms. The van der Waals surface area contributed by atoms with Gasteiger partial charge in [0.25, 0.3) is 0 Å². The van der Waals surface area contributed by atoms with Gasteiger partial charge in [-0.3, -0.25) is 4.57 Å². The third-order valence-corrected chi connectivity index (χ3v) is 2.56. The maximum absolute atomic E-state index is 10.8. The van der Waals surface area contributed by atoms with Crippen molar-refractivity contribution in [2.75, 3.05) is 0 Å². The summed E-state index contributed by atoms with van der Waals surface area (Å²) in [6.45, 7) is 0. The summed E-state index contributed by atoms with van der Waals surface area (Å²) in [5.41, 5.74) is 1.03. The highest BCUT2D eigenvalue weighted by Gasteiger charge is 2.08. The van der Waals surface area contributed by atoms with Crippen LogP contribution in [0.1, 0.15) is 10.4 Å². The van der Waals surface area contributed by atoms with Crippen LogP contribution in [0, 0.1) is 0 Å². The van der Waals surface area contributed by atoms with Crippen LogP contribution < -0.4 is 0 Å². The average Bonchev–Trinajstić information content (AvgIpc) is 2.69. The molecule has 0 fully saturated rings. The summed E-state index contributed by atoms with van der Waals surface area (Å²) in [6.07, 6.45) is 3.09. The molecule has 1 heterocycles. The van der Waals surface area contributed by atoms with Gasteiger partial charge in [-0.05, 0) is 34.1 Å². The van der Waals surface area contributed by atoms with Crippen LogP contribution in [0.4, 0.5) is 0 Å². The molecule has 1 aromatic carbocycles. The van der Waals surface area contributed by atoms with Gasteiger partial charge in [-0.1, -0.05) is 0 Å². The van der Waals surface area contributed by atoms with E-state index in [4.69, 9.17) is 5.11 Å². The number of carboxylic acids is 1. The minimum Gasteiger partial charge on any atom is -0.478 e. The van der Waals surface area contributed by atoms with E-state index in [-0.39, 0.29) is 5.56 Å². The predicted octanol–water partition coefficient (Wildman–Crippen LogP) is 1.73. The monoisotopic (exact) mass is 267 g/mol. The Bertz CT molecular complexity index is 496. The fourth-order valence-corrected chi connectivity index (χ4v) is 1.71. The molecule has 0 amide bonds. The van der Waals surface area contributed by atoms with Crippen molar-refractivity contribution in [3.63, 3.8) is 0 Å². The molecule has 0 spiro atoms. The number of hydrogen-bond acceptors (Lipinski definition) is 3. The number of hydrogen-bond donors (Lipinski definition) is 1. The molecule has 0 atom stereocenters. The first-order chi connectivity index (χ1) is 7.18. The molecule has 1 N–H and O–H groups in total. The van der Waals surface area contributed by atoms with E-state index in [2.05, 4.69) is 26.1 Å². The SMILES string of the molecule is O=C(O)c1ccc(-n2cnnc2)cc1Br. The quantitative estimate of drug-likeness (QED) is 0.900. The van der Waals surface area contributed by atoms with Gasteiger partial charge >= 0.3 is 5.97 Å². The molecule has 0 unspecified atom stereocenters. The van der Waals surface area contributed by atoms with Gasteiger partial charge in [0.15, 0.2) is 0 Å². The third kappa shape index (κ3) is 1.89. The summed E-state index contributed by atoms with van der Waals surface area (Å²) in [6, 6.07) is 4.92. The van der Waals surface area contributed by atoms with Crippen molar-refractivity contribution in [2.24, 2.45) is 0 Å². The molecule has 6 heteroatoms. The Kier molecular flexibility index (Phi) is 2.51.